The van der Waals surface area contributed by atoms with E-state index >= 15 is 0 Å². The van der Waals surface area contributed by atoms with Crippen molar-refractivity contribution >= 4 is 22.5 Å². The van der Waals surface area contributed by atoms with Crippen LogP contribution in [0.2, 0.25) is 0 Å². The molecule has 0 spiro atoms. The number of carbonyl (C=O) groups is 1. The standard InChI is InChI=1S/C23H24N6O2/c30-23(27-16-5-8-31-9-6-16)19-13-26-29-7-4-15(10-20(19)29)17-11-25-22-18(17)12-24-21(28-22)14-2-1-3-14/h4,7,10-14,16H,1-3,5-6,8-9H2,(H,27,30)(H,24,25,28). The molecule has 158 valence electrons. The first-order chi connectivity index (χ1) is 15.3. The van der Waals surface area contributed by atoms with Crippen molar-refractivity contribution in [3.05, 3.63) is 48.3 Å². The highest BCUT2D eigenvalue weighted by Gasteiger charge is 2.23. The zero-order valence-corrected chi connectivity index (χ0v) is 17.2. The van der Waals surface area contributed by atoms with Crippen molar-refractivity contribution < 1.29 is 9.53 Å². The summed E-state index contributed by atoms with van der Waals surface area (Å²) in [6, 6.07) is 4.16. The van der Waals surface area contributed by atoms with E-state index in [4.69, 9.17) is 9.72 Å². The summed E-state index contributed by atoms with van der Waals surface area (Å²) < 4.78 is 7.12. The number of ether oxygens (including phenoxy) is 1. The number of pyridine rings is 1. The third-order valence-electron chi connectivity index (χ3n) is 6.55. The average molecular weight is 416 g/mol. The molecule has 0 aromatic carbocycles. The minimum atomic E-state index is -0.0912. The van der Waals surface area contributed by atoms with Gasteiger partial charge in [-0.05, 0) is 43.4 Å². The Morgan fingerprint density at radius 1 is 1.19 bits per heavy atom. The van der Waals surface area contributed by atoms with E-state index in [1.807, 2.05) is 30.7 Å². The molecule has 0 radical (unpaired) electrons. The van der Waals surface area contributed by atoms with Crippen LogP contribution in [0.4, 0.5) is 0 Å². The second kappa shape index (κ2) is 7.46. The first kappa shape index (κ1) is 18.5. The molecule has 2 fully saturated rings. The maximum absolute atomic E-state index is 12.9. The number of H-pyrrole nitrogens is 1. The minimum absolute atomic E-state index is 0.0912. The number of aromatic amines is 1. The van der Waals surface area contributed by atoms with Gasteiger partial charge in [0.25, 0.3) is 5.91 Å². The number of rotatable bonds is 4. The fraction of sp³-hybridized carbons (Fsp3) is 0.391. The van der Waals surface area contributed by atoms with Gasteiger partial charge in [-0.2, -0.15) is 5.10 Å². The Kier molecular flexibility index (Phi) is 4.45. The number of nitrogens with zero attached hydrogens (tertiary/aromatic N) is 4. The molecule has 1 saturated carbocycles. The summed E-state index contributed by atoms with van der Waals surface area (Å²) in [6.45, 7) is 1.38. The molecule has 31 heavy (non-hydrogen) atoms. The summed E-state index contributed by atoms with van der Waals surface area (Å²) in [4.78, 5) is 25.6. The lowest BCUT2D eigenvalue weighted by Gasteiger charge is -2.23. The molecule has 1 aliphatic heterocycles. The molecule has 6 rings (SSSR count). The lowest BCUT2D eigenvalue weighted by atomic mass is 9.85. The zero-order valence-electron chi connectivity index (χ0n) is 17.2. The van der Waals surface area contributed by atoms with Gasteiger partial charge in [0.05, 0.1) is 17.3 Å². The number of nitrogens with one attached hydrogen (secondary N) is 2. The van der Waals surface area contributed by atoms with E-state index in [1.54, 1.807) is 10.7 Å². The molecule has 4 aromatic rings. The molecular formula is C23H24N6O2. The normalized spacial score (nSPS) is 17.8. The van der Waals surface area contributed by atoms with Crippen molar-refractivity contribution in [2.45, 2.75) is 44.1 Å². The smallest absolute Gasteiger partial charge is 0.255 e. The van der Waals surface area contributed by atoms with Crippen LogP contribution < -0.4 is 5.32 Å². The van der Waals surface area contributed by atoms with E-state index in [-0.39, 0.29) is 11.9 Å². The summed E-state index contributed by atoms with van der Waals surface area (Å²) in [5.74, 6) is 1.34. The van der Waals surface area contributed by atoms with Gasteiger partial charge in [-0.1, -0.05) is 6.42 Å². The van der Waals surface area contributed by atoms with Crippen LogP contribution >= 0.6 is 0 Å². The molecule has 0 bridgehead atoms. The predicted octanol–water partition coefficient (Wildman–Crippen LogP) is 3.45. The molecule has 4 aromatic heterocycles. The molecule has 0 unspecified atom stereocenters. The second-order valence-electron chi connectivity index (χ2n) is 8.48. The first-order valence-electron chi connectivity index (χ1n) is 11.0. The van der Waals surface area contributed by atoms with E-state index in [0.717, 1.165) is 46.3 Å². The lowest BCUT2D eigenvalue weighted by Crippen LogP contribution is -2.38. The highest BCUT2D eigenvalue weighted by atomic mass is 16.5. The fourth-order valence-corrected chi connectivity index (χ4v) is 4.45. The molecule has 8 nitrogen and oxygen atoms in total. The van der Waals surface area contributed by atoms with Gasteiger partial charge in [-0.3, -0.25) is 4.79 Å². The quantitative estimate of drug-likeness (QED) is 0.531. The molecule has 1 aliphatic carbocycles. The van der Waals surface area contributed by atoms with E-state index in [1.165, 1.54) is 19.3 Å². The molecule has 8 heteroatoms. The molecule has 5 heterocycles. The Labute approximate surface area is 179 Å². The van der Waals surface area contributed by atoms with Crippen LogP contribution in [-0.2, 0) is 4.74 Å². The van der Waals surface area contributed by atoms with E-state index in [2.05, 4.69) is 20.4 Å². The molecule has 2 aliphatic rings. The van der Waals surface area contributed by atoms with Gasteiger partial charge in [0.1, 0.15) is 11.5 Å². The second-order valence-corrected chi connectivity index (χ2v) is 8.48. The van der Waals surface area contributed by atoms with Gasteiger partial charge in [-0.25, -0.2) is 14.5 Å². The highest BCUT2D eigenvalue weighted by molar-refractivity contribution is 6.02. The summed E-state index contributed by atoms with van der Waals surface area (Å²) >= 11 is 0. The minimum Gasteiger partial charge on any atom is -0.381 e. The van der Waals surface area contributed by atoms with Gasteiger partial charge < -0.3 is 15.0 Å². The van der Waals surface area contributed by atoms with E-state index in [0.29, 0.717) is 24.7 Å². The number of hydrogen-bond acceptors (Lipinski definition) is 5. The number of fused-ring (bicyclic) bond motifs is 2. The zero-order chi connectivity index (χ0) is 20.8. The van der Waals surface area contributed by atoms with Crippen molar-refractivity contribution in [1.29, 1.82) is 0 Å². The van der Waals surface area contributed by atoms with E-state index in [9.17, 15) is 4.79 Å². The van der Waals surface area contributed by atoms with Crippen LogP contribution in [0.5, 0.6) is 0 Å². The average Bonchev–Trinajstić information content (AvgIpc) is 3.36. The maximum Gasteiger partial charge on any atom is 0.255 e. The Morgan fingerprint density at radius 2 is 2.06 bits per heavy atom. The summed E-state index contributed by atoms with van der Waals surface area (Å²) in [5, 5.41) is 8.48. The molecule has 2 N–H and O–H groups in total. The summed E-state index contributed by atoms with van der Waals surface area (Å²) in [5.41, 5.74) is 4.24. The van der Waals surface area contributed by atoms with Crippen LogP contribution in [0.1, 0.15) is 54.2 Å². The number of carbonyl (C=O) groups excluding carboxylic acids is 1. The third-order valence-corrected chi connectivity index (χ3v) is 6.55. The van der Waals surface area contributed by atoms with Crippen molar-refractivity contribution in [2.24, 2.45) is 0 Å². The first-order valence-corrected chi connectivity index (χ1v) is 11.0. The summed E-state index contributed by atoms with van der Waals surface area (Å²) in [6.07, 6.45) is 12.7. The van der Waals surface area contributed by atoms with Crippen LogP contribution in [-0.4, -0.2) is 49.7 Å². The Hall–Kier alpha value is -3.26. The van der Waals surface area contributed by atoms with Crippen molar-refractivity contribution in [3.8, 4) is 11.1 Å². The van der Waals surface area contributed by atoms with Crippen LogP contribution in [0, 0.1) is 0 Å². The topological polar surface area (TPSA) is 97.2 Å². The number of amides is 1. The Bertz CT molecular complexity index is 1270. The van der Waals surface area contributed by atoms with Crippen molar-refractivity contribution in [2.75, 3.05) is 13.2 Å². The third kappa shape index (κ3) is 3.27. The monoisotopic (exact) mass is 416 g/mol. The largest absolute Gasteiger partial charge is 0.381 e. The molecule has 1 saturated heterocycles. The SMILES string of the molecule is O=C(NC1CCOCC1)c1cnn2ccc(-c3c[nH]c4nc(C5CCC5)ncc34)cc12. The lowest BCUT2D eigenvalue weighted by molar-refractivity contribution is 0.0697. The van der Waals surface area contributed by atoms with Crippen LogP contribution in [0.25, 0.3) is 27.7 Å². The van der Waals surface area contributed by atoms with Crippen LogP contribution in [0.15, 0.2) is 36.9 Å². The fourth-order valence-electron chi connectivity index (χ4n) is 4.45. The van der Waals surface area contributed by atoms with Gasteiger partial charge in [0.2, 0.25) is 0 Å². The van der Waals surface area contributed by atoms with Gasteiger partial charge in [-0.15, -0.1) is 0 Å². The maximum atomic E-state index is 12.9. The van der Waals surface area contributed by atoms with Crippen LogP contribution in [0.3, 0.4) is 0 Å². The van der Waals surface area contributed by atoms with Gasteiger partial charge in [0.15, 0.2) is 0 Å². The van der Waals surface area contributed by atoms with Gasteiger partial charge in [0, 0.05) is 54.7 Å². The number of hydrogen-bond donors (Lipinski definition) is 2. The molecular weight excluding hydrogens is 392 g/mol. The Balaban J connectivity index is 1.33. The highest BCUT2D eigenvalue weighted by Crippen LogP contribution is 2.36. The van der Waals surface area contributed by atoms with Crippen molar-refractivity contribution in [3.63, 3.8) is 0 Å². The Morgan fingerprint density at radius 3 is 2.87 bits per heavy atom. The number of aromatic nitrogens is 5. The van der Waals surface area contributed by atoms with Crippen molar-refractivity contribution in [1.82, 2.24) is 29.9 Å². The van der Waals surface area contributed by atoms with E-state index < -0.39 is 0 Å². The molecule has 1 amide bonds. The molecule has 0 atom stereocenters. The predicted molar refractivity (Wildman–Crippen MR) is 116 cm³/mol. The summed E-state index contributed by atoms with van der Waals surface area (Å²) in [7, 11) is 0. The van der Waals surface area contributed by atoms with Gasteiger partial charge >= 0.3 is 0 Å².